The fraction of sp³-hybridized carbons (Fsp3) is 0.714. The Labute approximate surface area is 113 Å². The molecule has 0 amide bonds. The van der Waals surface area contributed by atoms with Crippen LogP contribution in [0.1, 0.15) is 54.4 Å². The van der Waals surface area contributed by atoms with Crippen molar-refractivity contribution in [1.29, 1.82) is 0 Å². The van der Waals surface area contributed by atoms with Gasteiger partial charge in [-0.05, 0) is 40.5 Å². The van der Waals surface area contributed by atoms with Crippen molar-refractivity contribution in [2.75, 3.05) is 0 Å². The first-order chi connectivity index (χ1) is 8.58. The van der Waals surface area contributed by atoms with E-state index in [2.05, 4.69) is 0 Å². The van der Waals surface area contributed by atoms with Gasteiger partial charge in [0, 0.05) is 11.1 Å². The molecule has 0 spiro atoms. The molecule has 1 N–H and O–H groups in total. The molecule has 0 aromatic carbocycles. The molecule has 0 bridgehead atoms. The van der Waals surface area contributed by atoms with Gasteiger partial charge in [-0.15, -0.1) is 0 Å². The van der Waals surface area contributed by atoms with Crippen molar-refractivity contribution in [3.8, 4) is 5.88 Å². The summed E-state index contributed by atoms with van der Waals surface area (Å²) in [6.07, 6.45) is 1.32. The number of hydrogen-bond acceptors (Lipinski definition) is 3. The highest BCUT2D eigenvalue weighted by Gasteiger charge is 2.29. The van der Waals surface area contributed by atoms with Crippen LogP contribution in [0, 0.1) is 0 Å². The monoisotopic (exact) mass is 268 g/mol. The van der Waals surface area contributed by atoms with Crippen molar-refractivity contribution in [3.05, 3.63) is 26.9 Å². The zero-order valence-corrected chi connectivity index (χ0v) is 12.6. The Kier molecular flexibility index (Phi) is 3.98. The lowest BCUT2D eigenvalue weighted by Crippen LogP contribution is -2.51. The molecular formula is C14H24N2O3. The number of aromatic nitrogens is 2. The average Bonchev–Trinajstić information content (AvgIpc) is 2.27. The van der Waals surface area contributed by atoms with Gasteiger partial charge in [-0.25, -0.2) is 4.79 Å². The van der Waals surface area contributed by atoms with Gasteiger partial charge in [0.05, 0.1) is 6.07 Å². The lowest BCUT2D eigenvalue weighted by atomic mass is 10.00. The van der Waals surface area contributed by atoms with Gasteiger partial charge >= 0.3 is 5.69 Å². The highest BCUT2D eigenvalue weighted by molar-refractivity contribution is 5.11. The largest absolute Gasteiger partial charge is 0.494 e. The lowest BCUT2D eigenvalue weighted by molar-refractivity contribution is 0.239. The molecular weight excluding hydrogens is 244 g/mol. The number of rotatable bonds is 4. The number of aromatic hydroxyl groups is 1. The molecule has 0 atom stereocenters. The normalized spacial score (nSPS) is 12.7. The number of hydrogen-bond donors (Lipinski definition) is 1. The Hall–Kier alpha value is -1.52. The molecule has 0 aliphatic heterocycles. The Balaban J connectivity index is 3.77. The Morgan fingerprint density at radius 2 is 1.42 bits per heavy atom. The minimum absolute atomic E-state index is 0.273. The molecule has 0 unspecified atom stereocenters. The highest BCUT2D eigenvalue weighted by atomic mass is 16.3. The van der Waals surface area contributed by atoms with Gasteiger partial charge < -0.3 is 5.11 Å². The second kappa shape index (κ2) is 4.87. The number of nitrogens with zero attached hydrogens (tertiary/aromatic N) is 2. The van der Waals surface area contributed by atoms with Gasteiger partial charge in [-0.1, -0.05) is 13.8 Å². The summed E-state index contributed by atoms with van der Waals surface area (Å²) in [5, 5.41) is 9.95. The molecule has 0 saturated heterocycles. The third kappa shape index (κ3) is 2.60. The molecule has 1 rings (SSSR count). The summed E-state index contributed by atoms with van der Waals surface area (Å²) in [4.78, 5) is 24.6. The fourth-order valence-corrected chi connectivity index (χ4v) is 1.97. The minimum atomic E-state index is -0.576. The average molecular weight is 268 g/mol. The summed E-state index contributed by atoms with van der Waals surface area (Å²) in [6, 6.07) is 1.12. The van der Waals surface area contributed by atoms with E-state index in [1.54, 1.807) is 0 Å². The van der Waals surface area contributed by atoms with Gasteiger partial charge in [-0.3, -0.25) is 13.9 Å². The Bertz CT molecular complexity index is 579. The molecule has 108 valence electrons. The van der Waals surface area contributed by atoms with E-state index in [0.717, 1.165) is 6.07 Å². The first kappa shape index (κ1) is 15.5. The minimum Gasteiger partial charge on any atom is -0.494 e. The smallest absolute Gasteiger partial charge is 0.334 e. The van der Waals surface area contributed by atoms with Crippen LogP contribution in [-0.4, -0.2) is 14.2 Å². The van der Waals surface area contributed by atoms with Crippen molar-refractivity contribution in [2.45, 2.75) is 65.5 Å². The summed E-state index contributed by atoms with van der Waals surface area (Å²) in [5.41, 5.74) is -2.03. The van der Waals surface area contributed by atoms with Crippen LogP contribution in [0.25, 0.3) is 0 Å². The predicted octanol–water partition coefficient (Wildman–Crippen LogP) is 2.01. The second-order valence-corrected chi connectivity index (χ2v) is 6.13. The quantitative estimate of drug-likeness (QED) is 0.908. The van der Waals surface area contributed by atoms with Crippen LogP contribution in [0.15, 0.2) is 15.7 Å². The SMILES string of the molecule is CCC(C)(C)n1c(O)cc(=O)n(C(C)(C)CC)c1=O. The van der Waals surface area contributed by atoms with Crippen molar-refractivity contribution in [2.24, 2.45) is 0 Å². The molecule has 0 saturated carbocycles. The zero-order chi connectivity index (χ0) is 15.0. The van der Waals surface area contributed by atoms with E-state index in [-0.39, 0.29) is 5.88 Å². The maximum absolute atomic E-state index is 12.6. The second-order valence-electron chi connectivity index (χ2n) is 6.13. The Morgan fingerprint density at radius 3 is 1.84 bits per heavy atom. The summed E-state index contributed by atoms with van der Waals surface area (Å²) in [7, 11) is 0. The summed E-state index contributed by atoms with van der Waals surface area (Å²) < 4.78 is 2.52. The maximum Gasteiger partial charge on any atom is 0.334 e. The summed E-state index contributed by atoms with van der Waals surface area (Å²) in [6.45, 7) is 11.3. The first-order valence-corrected chi connectivity index (χ1v) is 6.67. The molecule has 1 heterocycles. The van der Waals surface area contributed by atoms with Gasteiger partial charge in [-0.2, -0.15) is 0 Å². The van der Waals surface area contributed by atoms with E-state index < -0.39 is 22.3 Å². The van der Waals surface area contributed by atoms with Crippen LogP contribution < -0.4 is 11.2 Å². The first-order valence-electron chi connectivity index (χ1n) is 6.67. The van der Waals surface area contributed by atoms with Crippen molar-refractivity contribution < 1.29 is 5.11 Å². The summed E-state index contributed by atoms with van der Waals surface area (Å²) >= 11 is 0. The van der Waals surface area contributed by atoms with Gasteiger partial charge in [0.2, 0.25) is 5.88 Å². The van der Waals surface area contributed by atoms with E-state index >= 15 is 0 Å². The molecule has 0 aliphatic carbocycles. The van der Waals surface area contributed by atoms with Gasteiger partial charge in [0.15, 0.2) is 0 Å². The molecule has 0 fully saturated rings. The Morgan fingerprint density at radius 1 is 1.00 bits per heavy atom. The standard InChI is InChI=1S/C14H24N2O3/c1-7-13(3,4)15-10(17)9-11(18)16(12(15)19)14(5,6)8-2/h9,17H,7-8H2,1-6H3. The molecule has 1 aromatic rings. The van der Waals surface area contributed by atoms with Crippen LogP contribution in [0.2, 0.25) is 0 Å². The van der Waals surface area contributed by atoms with E-state index in [9.17, 15) is 14.7 Å². The third-order valence-corrected chi connectivity index (χ3v) is 4.03. The van der Waals surface area contributed by atoms with Crippen molar-refractivity contribution in [3.63, 3.8) is 0 Å². The van der Waals surface area contributed by atoms with Crippen molar-refractivity contribution in [1.82, 2.24) is 9.13 Å². The molecule has 5 nitrogen and oxygen atoms in total. The topological polar surface area (TPSA) is 64.2 Å². The molecule has 1 aromatic heterocycles. The van der Waals surface area contributed by atoms with E-state index in [0.29, 0.717) is 12.8 Å². The molecule has 0 radical (unpaired) electrons. The van der Waals surface area contributed by atoms with Gasteiger partial charge in [0.25, 0.3) is 5.56 Å². The predicted molar refractivity (Wildman–Crippen MR) is 75.9 cm³/mol. The van der Waals surface area contributed by atoms with Crippen LogP contribution in [0.3, 0.4) is 0 Å². The van der Waals surface area contributed by atoms with E-state index in [1.165, 1.54) is 9.13 Å². The molecule has 19 heavy (non-hydrogen) atoms. The fourth-order valence-electron chi connectivity index (χ4n) is 1.97. The van der Waals surface area contributed by atoms with Crippen LogP contribution >= 0.6 is 0 Å². The zero-order valence-electron chi connectivity index (χ0n) is 12.6. The summed E-state index contributed by atoms with van der Waals surface area (Å²) in [5.74, 6) is -0.273. The van der Waals surface area contributed by atoms with Gasteiger partial charge in [0.1, 0.15) is 0 Å². The van der Waals surface area contributed by atoms with Crippen LogP contribution in [0.4, 0.5) is 0 Å². The van der Waals surface area contributed by atoms with E-state index in [4.69, 9.17) is 0 Å². The van der Waals surface area contributed by atoms with Crippen LogP contribution in [-0.2, 0) is 11.1 Å². The highest BCUT2D eigenvalue weighted by Crippen LogP contribution is 2.23. The molecule has 5 heteroatoms. The van der Waals surface area contributed by atoms with Crippen molar-refractivity contribution >= 4 is 0 Å². The third-order valence-electron chi connectivity index (χ3n) is 4.03. The van der Waals surface area contributed by atoms with Crippen LogP contribution in [0.5, 0.6) is 5.88 Å². The lowest BCUT2D eigenvalue weighted by Gasteiger charge is -2.31. The molecule has 0 aliphatic rings. The maximum atomic E-state index is 12.6. The van der Waals surface area contributed by atoms with E-state index in [1.807, 2.05) is 41.5 Å².